The average molecular weight is 360 g/mol. The number of aromatic nitrogens is 3. The maximum Gasteiger partial charge on any atom is 0.490 e. The molecule has 0 saturated heterocycles. The lowest BCUT2D eigenvalue weighted by Crippen LogP contribution is -2.29. The number of hydrogen-bond donors (Lipinski definition) is 0. The Hall–Kier alpha value is -3.61. The van der Waals surface area contributed by atoms with Gasteiger partial charge in [0.15, 0.2) is 5.78 Å². The summed E-state index contributed by atoms with van der Waals surface area (Å²) >= 11 is 0. The average Bonchev–Trinajstić information content (AvgIpc) is 3.19. The Morgan fingerprint density at radius 3 is 2.33 bits per heavy atom. The number of carbonyl (C=O) groups excluding carboxylic acids is 1. The molecule has 3 aromatic rings. The fourth-order valence-electron chi connectivity index (χ4n) is 3.51. The van der Waals surface area contributed by atoms with Gasteiger partial charge >= 0.3 is 5.95 Å². The van der Waals surface area contributed by atoms with Gasteiger partial charge in [0.1, 0.15) is 6.04 Å². The van der Waals surface area contributed by atoms with Crippen molar-refractivity contribution in [2.75, 3.05) is 0 Å². The fourth-order valence-corrected chi connectivity index (χ4v) is 3.51. The zero-order valence-corrected chi connectivity index (χ0v) is 14.3. The van der Waals surface area contributed by atoms with Crippen LogP contribution in [-0.4, -0.2) is 25.5 Å². The fraction of sp³-hybridized carbons (Fsp3) is 0.150. The zero-order chi connectivity index (χ0) is 18.8. The van der Waals surface area contributed by atoms with Crippen molar-refractivity contribution in [2.45, 2.75) is 18.4 Å². The Kier molecular flexibility index (Phi) is 4.33. The molecule has 1 aromatic heterocycles. The third-order valence-electron chi connectivity index (χ3n) is 4.75. The van der Waals surface area contributed by atoms with E-state index in [2.05, 4.69) is 10.1 Å². The summed E-state index contributed by atoms with van der Waals surface area (Å²) in [5.41, 5.74) is 2.92. The van der Waals surface area contributed by atoms with Gasteiger partial charge in [0.25, 0.3) is 0 Å². The first-order valence-corrected chi connectivity index (χ1v) is 8.54. The molecule has 0 unspecified atom stereocenters. The van der Waals surface area contributed by atoms with Crippen LogP contribution < -0.4 is 0 Å². The third kappa shape index (κ3) is 3.27. The number of allylic oxidation sites excluding steroid dienone is 2. The second kappa shape index (κ2) is 6.95. The predicted molar refractivity (Wildman–Crippen MR) is 98.9 cm³/mol. The normalized spacial score (nSPS) is 19.6. The van der Waals surface area contributed by atoms with Crippen LogP contribution in [-0.2, 0) is 4.79 Å². The molecule has 7 nitrogen and oxygen atoms in total. The lowest BCUT2D eigenvalue weighted by atomic mass is 9.77. The lowest BCUT2D eigenvalue weighted by Gasteiger charge is -2.29. The highest BCUT2D eigenvalue weighted by Gasteiger charge is 2.38. The topological polar surface area (TPSA) is 90.9 Å². The van der Waals surface area contributed by atoms with E-state index < -0.39 is 16.9 Å². The smallest absolute Gasteiger partial charge is 0.390 e. The largest absolute Gasteiger partial charge is 0.490 e. The minimum Gasteiger partial charge on any atom is -0.390 e. The number of rotatable bonds is 4. The number of carbonyl (C=O) groups is 1. The van der Waals surface area contributed by atoms with Gasteiger partial charge in [0.2, 0.25) is 6.33 Å². The highest BCUT2D eigenvalue weighted by atomic mass is 16.6. The van der Waals surface area contributed by atoms with Crippen LogP contribution >= 0.6 is 0 Å². The van der Waals surface area contributed by atoms with Crippen LogP contribution in [0.15, 0.2) is 73.1 Å². The molecule has 134 valence electrons. The Balaban J connectivity index is 1.79. The predicted octanol–water partition coefficient (Wildman–Crippen LogP) is 3.57. The van der Waals surface area contributed by atoms with Crippen molar-refractivity contribution in [3.63, 3.8) is 0 Å². The van der Waals surface area contributed by atoms with Crippen molar-refractivity contribution < 1.29 is 9.72 Å². The van der Waals surface area contributed by atoms with Gasteiger partial charge in [-0.25, -0.2) is 0 Å². The molecule has 0 aliphatic heterocycles. The standard InChI is InChI=1S/C20H16N4O3/c25-18-12-16(14-7-3-1-4-8-14)11-17(15-9-5-2-6-10-15)19(18)23-13-21-20(22-23)24(26)27/h1-10,12-13,17,19H,11H2/t17-,19+/m1/s1. The highest BCUT2D eigenvalue weighted by molar-refractivity contribution is 6.02. The number of ketones is 1. The summed E-state index contributed by atoms with van der Waals surface area (Å²) in [4.78, 5) is 27.0. The first-order chi connectivity index (χ1) is 13.1. The molecule has 2 atom stereocenters. The number of nitrogens with zero attached hydrogens (tertiary/aromatic N) is 4. The molecule has 0 N–H and O–H groups in total. The van der Waals surface area contributed by atoms with E-state index in [4.69, 9.17) is 0 Å². The summed E-state index contributed by atoms with van der Waals surface area (Å²) in [6.07, 6.45) is 3.50. The van der Waals surface area contributed by atoms with Crippen molar-refractivity contribution in [2.24, 2.45) is 0 Å². The minimum absolute atomic E-state index is 0.145. The third-order valence-corrected chi connectivity index (χ3v) is 4.75. The van der Waals surface area contributed by atoms with E-state index in [-0.39, 0.29) is 11.7 Å². The summed E-state index contributed by atoms with van der Waals surface area (Å²) in [6, 6.07) is 18.8. The minimum atomic E-state index is -0.666. The van der Waals surface area contributed by atoms with Crippen LogP contribution in [0.5, 0.6) is 0 Å². The summed E-state index contributed by atoms with van der Waals surface area (Å²) < 4.78 is 1.32. The lowest BCUT2D eigenvalue weighted by molar-refractivity contribution is -0.394. The molecular weight excluding hydrogens is 344 g/mol. The van der Waals surface area contributed by atoms with Crippen LogP contribution in [0.4, 0.5) is 5.95 Å². The van der Waals surface area contributed by atoms with Crippen molar-refractivity contribution in [1.82, 2.24) is 14.8 Å². The molecule has 4 rings (SSSR count). The van der Waals surface area contributed by atoms with Crippen molar-refractivity contribution in [3.8, 4) is 0 Å². The van der Waals surface area contributed by atoms with Crippen molar-refractivity contribution in [3.05, 3.63) is 94.3 Å². The zero-order valence-electron chi connectivity index (χ0n) is 14.3. The van der Waals surface area contributed by atoms with E-state index in [0.717, 1.165) is 16.7 Å². The second-order valence-electron chi connectivity index (χ2n) is 6.39. The van der Waals surface area contributed by atoms with Crippen LogP contribution in [0.25, 0.3) is 5.57 Å². The molecule has 7 heteroatoms. The van der Waals surface area contributed by atoms with E-state index in [1.807, 2.05) is 60.7 Å². The molecule has 27 heavy (non-hydrogen) atoms. The van der Waals surface area contributed by atoms with E-state index in [9.17, 15) is 14.9 Å². The van der Waals surface area contributed by atoms with Crippen molar-refractivity contribution in [1.29, 1.82) is 0 Å². The van der Waals surface area contributed by atoms with Crippen LogP contribution in [0, 0.1) is 10.1 Å². The SMILES string of the molecule is O=C1C=C(c2ccccc2)C[C@H](c2ccccc2)[C@@H]1n1cnc([N+](=O)[O-])n1. The highest BCUT2D eigenvalue weighted by Crippen LogP contribution is 2.41. The maximum absolute atomic E-state index is 13.0. The van der Waals surface area contributed by atoms with Crippen LogP contribution in [0.3, 0.4) is 0 Å². The molecule has 1 aliphatic rings. The Bertz CT molecular complexity index is 1010. The van der Waals surface area contributed by atoms with Gasteiger partial charge in [0.05, 0.1) is 0 Å². The summed E-state index contributed by atoms with van der Waals surface area (Å²) in [7, 11) is 0. The Labute approximate surface area is 155 Å². The quantitative estimate of drug-likeness (QED) is 0.524. The summed E-state index contributed by atoms with van der Waals surface area (Å²) in [5.74, 6) is -0.846. The number of benzene rings is 2. The monoisotopic (exact) mass is 360 g/mol. The van der Waals surface area contributed by atoms with E-state index in [0.29, 0.717) is 6.42 Å². The molecular formula is C20H16N4O3. The van der Waals surface area contributed by atoms with Gasteiger partial charge < -0.3 is 10.1 Å². The number of nitro groups is 1. The molecule has 0 amide bonds. The Morgan fingerprint density at radius 1 is 1.04 bits per heavy atom. The molecule has 1 heterocycles. The van der Waals surface area contributed by atoms with E-state index in [1.54, 1.807) is 6.08 Å². The maximum atomic E-state index is 13.0. The second-order valence-corrected chi connectivity index (χ2v) is 6.39. The van der Waals surface area contributed by atoms with Crippen LogP contribution in [0.1, 0.15) is 29.5 Å². The molecule has 0 spiro atoms. The molecule has 1 aliphatic carbocycles. The van der Waals surface area contributed by atoms with E-state index in [1.165, 1.54) is 11.0 Å². The molecule has 0 bridgehead atoms. The van der Waals surface area contributed by atoms with Gasteiger partial charge in [-0.15, -0.1) is 0 Å². The molecule has 0 radical (unpaired) electrons. The van der Waals surface area contributed by atoms with Crippen molar-refractivity contribution >= 4 is 17.3 Å². The van der Waals surface area contributed by atoms with Gasteiger partial charge in [-0.3, -0.25) is 4.79 Å². The molecule has 2 aromatic carbocycles. The first kappa shape index (κ1) is 16.8. The van der Waals surface area contributed by atoms with Gasteiger partial charge in [0, 0.05) is 11.0 Å². The Morgan fingerprint density at radius 2 is 1.70 bits per heavy atom. The van der Waals surface area contributed by atoms with Crippen LogP contribution in [0.2, 0.25) is 0 Å². The molecule has 0 saturated carbocycles. The van der Waals surface area contributed by atoms with Gasteiger partial charge in [-0.05, 0) is 34.1 Å². The first-order valence-electron chi connectivity index (χ1n) is 8.54. The van der Waals surface area contributed by atoms with E-state index >= 15 is 0 Å². The number of hydrogen-bond acceptors (Lipinski definition) is 5. The molecule has 0 fully saturated rings. The summed E-state index contributed by atoms with van der Waals surface area (Å²) in [5, 5.41) is 14.9. The van der Waals surface area contributed by atoms with Gasteiger partial charge in [-0.2, -0.15) is 4.68 Å². The van der Waals surface area contributed by atoms with Gasteiger partial charge in [-0.1, -0.05) is 65.6 Å². The summed E-state index contributed by atoms with van der Waals surface area (Å²) in [6.45, 7) is 0.